The Balaban J connectivity index is 1.57. The number of phenols is 1. The summed E-state index contributed by atoms with van der Waals surface area (Å²) < 4.78 is 10.7. The van der Waals surface area contributed by atoms with Gasteiger partial charge in [0.2, 0.25) is 5.91 Å². The van der Waals surface area contributed by atoms with Crippen LogP contribution in [-0.2, 0) is 11.3 Å². The highest BCUT2D eigenvalue weighted by molar-refractivity contribution is 5.86. The van der Waals surface area contributed by atoms with E-state index in [1.807, 2.05) is 71.6 Å². The summed E-state index contributed by atoms with van der Waals surface area (Å²) in [6.07, 6.45) is 0. The van der Waals surface area contributed by atoms with Crippen molar-refractivity contribution in [2.24, 2.45) is 5.92 Å². The Morgan fingerprint density at radius 3 is 2.27 bits per heavy atom. The number of hydrogen-bond donors (Lipinski definition) is 3. The number of benzene rings is 3. The Bertz CT molecular complexity index is 1140. The fourth-order valence-corrected chi connectivity index (χ4v) is 5.03. The van der Waals surface area contributed by atoms with E-state index in [1.165, 1.54) is 7.11 Å². The molecule has 4 unspecified atom stereocenters. The van der Waals surface area contributed by atoms with Crippen LogP contribution in [-0.4, -0.2) is 36.2 Å². The van der Waals surface area contributed by atoms with Crippen molar-refractivity contribution in [1.82, 2.24) is 15.8 Å². The van der Waals surface area contributed by atoms with Crippen LogP contribution in [0.15, 0.2) is 72.8 Å². The molecule has 2 heterocycles. The van der Waals surface area contributed by atoms with Crippen LogP contribution >= 0.6 is 0 Å². The average molecular weight is 446 g/mol. The molecule has 4 atom stereocenters. The van der Waals surface area contributed by atoms with Gasteiger partial charge in [-0.15, -0.1) is 0 Å². The predicted octanol–water partition coefficient (Wildman–Crippen LogP) is 3.33. The molecule has 0 bridgehead atoms. The third-order valence-electron chi connectivity index (χ3n) is 6.63. The van der Waals surface area contributed by atoms with E-state index in [-0.39, 0.29) is 35.7 Å². The predicted molar refractivity (Wildman–Crippen MR) is 124 cm³/mol. The molecule has 0 aliphatic carbocycles. The van der Waals surface area contributed by atoms with Crippen LogP contribution in [0.5, 0.6) is 17.2 Å². The van der Waals surface area contributed by atoms with Gasteiger partial charge in [-0.05, 0) is 41.0 Å². The van der Waals surface area contributed by atoms with Gasteiger partial charge in [-0.25, -0.2) is 10.9 Å². The third-order valence-corrected chi connectivity index (χ3v) is 6.63. The Labute approximate surface area is 192 Å². The molecule has 3 aromatic carbocycles. The van der Waals surface area contributed by atoms with Crippen LogP contribution in [0.25, 0.3) is 0 Å². The molecule has 2 aliphatic rings. The lowest BCUT2D eigenvalue weighted by Gasteiger charge is -2.31. The van der Waals surface area contributed by atoms with E-state index in [2.05, 4.69) is 10.9 Å². The first-order valence-corrected chi connectivity index (χ1v) is 11.0. The number of hydrogen-bond acceptors (Lipinski definition) is 6. The number of phenolic OH excluding ortho intramolecular Hbond substituents is 1. The van der Waals surface area contributed by atoms with Gasteiger partial charge < -0.3 is 19.5 Å². The third kappa shape index (κ3) is 3.79. The molecule has 7 heteroatoms. The van der Waals surface area contributed by atoms with Crippen LogP contribution < -0.4 is 20.3 Å². The second-order valence-electron chi connectivity index (χ2n) is 8.42. The number of hydrazine groups is 1. The van der Waals surface area contributed by atoms with Crippen LogP contribution in [0.2, 0.25) is 0 Å². The van der Waals surface area contributed by atoms with Gasteiger partial charge in [0.15, 0.2) is 11.5 Å². The molecule has 2 saturated heterocycles. The molecular formula is C26H27N3O4. The molecule has 2 aliphatic heterocycles. The number of rotatable bonds is 6. The molecule has 0 spiro atoms. The van der Waals surface area contributed by atoms with Gasteiger partial charge in [-0.1, -0.05) is 48.5 Å². The molecule has 0 radical (unpaired) electrons. The minimum absolute atomic E-state index is 0.0457. The van der Waals surface area contributed by atoms with Crippen molar-refractivity contribution in [1.29, 1.82) is 0 Å². The highest BCUT2D eigenvalue weighted by Crippen LogP contribution is 2.48. The Hall–Kier alpha value is -3.55. The summed E-state index contributed by atoms with van der Waals surface area (Å²) in [5.41, 5.74) is 9.65. The summed E-state index contributed by atoms with van der Waals surface area (Å²) in [6, 6.07) is 22.6. The first-order valence-electron chi connectivity index (χ1n) is 11.0. The van der Waals surface area contributed by atoms with Crippen molar-refractivity contribution >= 4 is 5.91 Å². The minimum atomic E-state index is -0.370. The highest BCUT2D eigenvalue weighted by Gasteiger charge is 2.55. The van der Waals surface area contributed by atoms with Crippen molar-refractivity contribution in [2.45, 2.75) is 24.7 Å². The molecule has 2 fully saturated rings. The maximum atomic E-state index is 13.6. The highest BCUT2D eigenvalue weighted by atomic mass is 16.5. The Morgan fingerprint density at radius 1 is 0.879 bits per heavy atom. The fourth-order valence-electron chi connectivity index (χ4n) is 5.03. The zero-order chi connectivity index (χ0) is 22.9. The molecule has 0 saturated carbocycles. The molecule has 0 aromatic heterocycles. The number of ether oxygens (including phenoxy) is 2. The van der Waals surface area contributed by atoms with Crippen molar-refractivity contribution in [3.05, 3.63) is 89.5 Å². The summed E-state index contributed by atoms with van der Waals surface area (Å²) >= 11 is 0. The largest absolute Gasteiger partial charge is 0.504 e. The summed E-state index contributed by atoms with van der Waals surface area (Å²) in [5.74, 6) is 1.23. The van der Waals surface area contributed by atoms with Gasteiger partial charge >= 0.3 is 0 Å². The van der Waals surface area contributed by atoms with Crippen LogP contribution in [0.3, 0.4) is 0 Å². The number of carbonyl (C=O) groups excluding carboxylic acids is 1. The molecule has 33 heavy (non-hydrogen) atoms. The lowest BCUT2D eigenvalue weighted by atomic mass is 9.83. The molecule has 3 aromatic rings. The Kier molecular flexibility index (Phi) is 5.66. The molecule has 7 nitrogen and oxygen atoms in total. The van der Waals surface area contributed by atoms with Crippen molar-refractivity contribution in [2.75, 3.05) is 14.2 Å². The normalized spacial score (nSPS) is 24.1. The van der Waals surface area contributed by atoms with Crippen molar-refractivity contribution in [3.8, 4) is 17.2 Å². The molecule has 3 N–H and O–H groups in total. The van der Waals surface area contributed by atoms with Gasteiger partial charge in [-0.3, -0.25) is 4.79 Å². The van der Waals surface area contributed by atoms with Crippen LogP contribution in [0.1, 0.15) is 28.8 Å². The number of methoxy groups -OCH3 is 2. The molecule has 1 amide bonds. The lowest BCUT2D eigenvalue weighted by molar-refractivity contribution is -0.131. The second-order valence-corrected chi connectivity index (χ2v) is 8.42. The number of likely N-dealkylation sites (tertiary alicyclic amines) is 1. The average Bonchev–Trinajstić information content (AvgIpc) is 3.39. The van der Waals surface area contributed by atoms with E-state index in [4.69, 9.17) is 9.47 Å². The first-order chi connectivity index (χ1) is 16.1. The number of fused-ring (bicyclic) bond motifs is 1. The smallest absolute Gasteiger partial charge is 0.242 e. The topological polar surface area (TPSA) is 83.1 Å². The standard InChI is InChI=1S/C26H27N3O4/c1-32-19-11-8-17(9-12-19)23-22-24(28-27-23)26(31)29(15-16-6-4-3-5-7-16)25(22)18-10-13-20(30)21(14-18)33-2/h3-14,22-25,27-28,30H,15H2,1-2H3. The van der Waals surface area contributed by atoms with Gasteiger partial charge in [0.25, 0.3) is 0 Å². The first kappa shape index (κ1) is 21.3. The van der Waals surface area contributed by atoms with E-state index < -0.39 is 0 Å². The maximum Gasteiger partial charge on any atom is 0.242 e. The molecule has 5 rings (SSSR count). The fraction of sp³-hybridized carbons (Fsp3) is 0.269. The number of nitrogens with one attached hydrogen (secondary N) is 2. The quantitative estimate of drug-likeness (QED) is 0.540. The van der Waals surface area contributed by atoms with E-state index in [9.17, 15) is 9.90 Å². The van der Waals surface area contributed by atoms with Gasteiger partial charge in [0.05, 0.1) is 26.3 Å². The molecule has 170 valence electrons. The van der Waals surface area contributed by atoms with Crippen LogP contribution in [0.4, 0.5) is 0 Å². The number of nitrogens with zero attached hydrogens (tertiary/aromatic N) is 1. The van der Waals surface area contributed by atoms with Crippen molar-refractivity contribution < 1.29 is 19.4 Å². The Morgan fingerprint density at radius 2 is 1.58 bits per heavy atom. The summed E-state index contributed by atoms with van der Waals surface area (Å²) in [4.78, 5) is 15.5. The van der Waals surface area contributed by atoms with E-state index >= 15 is 0 Å². The van der Waals surface area contributed by atoms with Crippen molar-refractivity contribution in [3.63, 3.8) is 0 Å². The van der Waals surface area contributed by atoms with Crippen LogP contribution in [0, 0.1) is 5.92 Å². The SMILES string of the molecule is COc1ccc(C2NNC3C(=O)N(Cc4ccccc4)C(c4ccc(O)c(OC)c4)C32)cc1. The zero-order valence-corrected chi connectivity index (χ0v) is 18.6. The minimum Gasteiger partial charge on any atom is -0.504 e. The lowest BCUT2D eigenvalue weighted by Crippen LogP contribution is -2.41. The van der Waals surface area contributed by atoms with E-state index in [1.54, 1.807) is 13.2 Å². The van der Waals surface area contributed by atoms with E-state index in [0.717, 1.165) is 22.4 Å². The number of aromatic hydroxyl groups is 1. The summed E-state index contributed by atoms with van der Waals surface area (Å²) in [7, 11) is 3.17. The second kappa shape index (κ2) is 8.77. The number of amides is 1. The monoisotopic (exact) mass is 445 g/mol. The number of carbonyl (C=O) groups is 1. The van der Waals surface area contributed by atoms with Gasteiger partial charge in [0, 0.05) is 12.5 Å². The maximum absolute atomic E-state index is 13.6. The van der Waals surface area contributed by atoms with Gasteiger partial charge in [-0.2, -0.15) is 0 Å². The van der Waals surface area contributed by atoms with E-state index in [0.29, 0.717) is 12.3 Å². The molecular weight excluding hydrogens is 418 g/mol. The summed E-state index contributed by atoms with van der Waals surface area (Å²) in [5, 5.41) is 10.2. The summed E-state index contributed by atoms with van der Waals surface area (Å²) in [6.45, 7) is 0.498. The van der Waals surface area contributed by atoms with Gasteiger partial charge in [0.1, 0.15) is 11.8 Å². The zero-order valence-electron chi connectivity index (χ0n) is 18.6.